The molecule has 1 amide bonds. The summed E-state index contributed by atoms with van der Waals surface area (Å²) in [6.45, 7) is 8.79. The lowest BCUT2D eigenvalue weighted by molar-refractivity contribution is 0.1000. The van der Waals surface area contributed by atoms with E-state index in [2.05, 4.69) is 37.4 Å². The number of primary amides is 1. The number of nitrogens with zero attached hydrogens (tertiary/aromatic N) is 3. The van der Waals surface area contributed by atoms with Gasteiger partial charge in [-0.05, 0) is 56.5 Å². The van der Waals surface area contributed by atoms with Gasteiger partial charge in [-0.15, -0.1) is 0 Å². The Kier molecular flexibility index (Phi) is 5.10. The third-order valence-electron chi connectivity index (χ3n) is 5.76. The van der Waals surface area contributed by atoms with E-state index in [-0.39, 0.29) is 11.1 Å². The molecule has 0 atom stereocenters. The molecule has 158 valence electrons. The lowest BCUT2D eigenvalue weighted by atomic mass is 10.0. The first-order valence-electron chi connectivity index (χ1n) is 10.1. The Balaban J connectivity index is 1.83. The van der Waals surface area contributed by atoms with Crippen LogP contribution in [0.1, 0.15) is 38.4 Å². The summed E-state index contributed by atoms with van der Waals surface area (Å²) >= 11 is 0. The van der Waals surface area contributed by atoms with Crippen LogP contribution in [0.3, 0.4) is 0 Å². The monoisotopic (exact) mass is 415 g/mol. The third-order valence-corrected chi connectivity index (χ3v) is 5.76. The number of nitrogens with two attached hydrogens (primary N) is 1. The van der Waals surface area contributed by atoms with Crippen LogP contribution in [0.15, 0.2) is 53.6 Å². The fraction of sp³-hybridized carbons (Fsp3) is 0.208. The normalized spacial score (nSPS) is 11.1. The summed E-state index contributed by atoms with van der Waals surface area (Å²) in [4.78, 5) is 28.8. The highest BCUT2D eigenvalue weighted by Crippen LogP contribution is 2.25. The molecule has 0 radical (unpaired) electrons. The molecule has 3 heterocycles. The molecule has 0 saturated carbocycles. The molecular formula is C24H25N5O2. The van der Waals surface area contributed by atoms with Crippen LogP contribution in [0, 0.1) is 27.7 Å². The largest absolute Gasteiger partial charge is 0.378 e. The van der Waals surface area contributed by atoms with Gasteiger partial charge >= 0.3 is 0 Å². The van der Waals surface area contributed by atoms with Gasteiger partial charge in [0, 0.05) is 36.3 Å². The number of fused-ring (bicyclic) bond motifs is 1. The predicted octanol–water partition coefficient (Wildman–Crippen LogP) is 3.43. The Morgan fingerprint density at radius 1 is 1.10 bits per heavy atom. The van der Waals surface area contributed by atoms with Gasteiger partial charge in [-0.1, -0.05) is 18.2 Å². The molecule has 0 spiro atoms. The minimum atomic E-state index is -0.628. The second-order valence-electron chi connectivity index (χ2n) is 7.80. The van der Waals surface area contributed by atoms with Gasteiger partial charge in [0.2, 0.25) is 5.91 Å². The van der Waals surface area contributed by atoms with Crippen molar-refractivity contribution in [3.8, 4) is 5.69 Å². The molecule has 0 aliphatic rings. The van der Waals surface area contributed by atoms with E-state index in [1.807, 2.05) is 30.5 Å². The summed E-state index contributed by atoms with van der Waals surface area (Å²) in [6.07, 6.45) is 3.44. The summed E-state index contributed by atoms with van der Waals surface area (Å²) in [5.74, 6) is -0.628. The standard InChI is InChI=1S/C24H25N5O2/c1-14-6-5-7-15(2)20(14)12-26-21-11-19(13-29-17(4)16(3)27-24(21)29)28-9-8-18(23(25)31)10-22(28)30/h5-11,13,26H,12H2,1-4H3,(H2,25,31). The van der Waals surface area contributed by atoms with Gasteiger partial charge in [0.05, 0.1) is 17.1 Å². The van der Waals surface area contributed by atoms with Crippen LogP contribution in [-0.4, -0.2) is 19.9 Å². The van der Waals surface area contributed by atoms with Crippen molar-refractivity contribution in [2.24, 2.45) is 5.73 Å². The molecule has 0 unspecified atom stereocenters. The fourth-order valence-electron chi connectivity index (χ4n) is 3.78. The zero-order valence-corrected chi connectivity index (χ0v) is 18.1. The van der Waals surface area contributed by atoms with Crippen LogP contribution in [0.4, 0.5) is 5.69 Å². The van der Waals surface area contributed by atoms with Crippen molar-refractivity contribution >= 4 is 17.2 Å². The molecule has 0 aliphatic heterocycles. The van der Waals surface area contributed by atoms with Crippen molar-refractivity contribution in [3.63, 3.8) is 0 Å². The second kappa shape index (κ2) is 7.75. The summed E-state index contributed by atoms with van der Waals surface area (Å²) in [6, 6.07) is 10.9. The van der Waals surface area contributed by atoms with E-state index in [1.54, 1.807) is 12.3 Å². The Morgan fingerprint density at radius 3 is 2.45 bits per heavy atom. The zero-order valence-electron chi connectivity index (χ0n) is 18.1. The third kappa shape index (κ3) is 3.70. The molecule has 3 N–H and O–H groups in total. The maximum atomic E-state index is 12.7. The van der Waals surface area contributed by atoms with Crippen molar-refractivity contribution in [1.82, 2.24) is 14.0 Å². The van der Waals surface area contributed by atoms with Crippen LogP contribution >= 0.6 is 0 Å². The molecule has 31 heavy (non-hydrogen) atoms. The van der Waals surface area contributed by atoms with Crippen LogP contribution in [0.5, 0.6) is 0 Å². The first kappa shape index (κ1) is 20.4. The average Bonchev–Trinajstić information content (AvgIpc) is 3.01. The smallest absolute Gasteiger partial charge is 0.255 e. The molecule has 7 heteroatoms. The van der Waals surface area contributed by atoms with E-state index in [9.17, 15) is 9.59 Å². The number of pyridine rings is 2. The van der Waals surface area contributed by atoms with E-state index in [4.69, 9.17) is 10.7 Å². The van der Waals surface area contributed by atoms with E-state index in [0.29, 0.717) is 12.2 Å². The number of hydrogen-bond donors (Lipinski definition) is 2. The molecule has 1 aromatic carbocycles. The van der Waals surface area contributed by atoms with Gasteiger partial charge < -0.3 is 15.5 Å². The minimum absolute atomic E-state index is 0.186. The van der Waals surface area contributed by atoms with Gasteiger partial charge in [-0.3, -0.25) is 14.2 Å². The quantitative estimate of drug-likeness (QED) is 0.522. The van der Waals surface area contributed by atoms with Gasteiger partial charge in [0.25, 0.3) is 5.56 Å². The molecule has 4 aromatic rings. The number of benzene rings is 1. The Morgan fingerprint density at radius 2 is 1.81 bits per heavy atom. The van der Waals surface area contributed by atoms with Crippen molar-refractivity contribution < 1.29 is 4.79 Å². The number of carbonyl (C=O) groups excluding carboxylic acids is 1. The van der Waals surface area contributed by atoms with Crippen molar-refractivity contribution in [2.75, 3.05) is 5.32 Å². The SMILES string of the molecule is Cc1cccc(C)c1CNc1cc(-n2ccc(C(N)=O)cc2=O)cn2c(C)c(C)nc12. The highest BCUT2D eigenvalue weighted by atomic mass is 16.1. The summed E-state index contributed by atoms with van der Waals surface area (Å²) in [7, 11) is 0. The molecule has 3 aromatic heterocycles. The fourth-order valence-corrected chi connectivity index (χ4v) is 3.78. The number of rotatable bonds is 5. The molecular weight excluding hydrogens is 390 g/mol. The highest BCUT2D eigenvalue weighted by molar-refractivity contribution is 5.92. The highest BCUT2D eigenvalue weighted by Gasteiger charge is 2.14. The number of amides is 1. The van der Waals surface area contributed by atoms with Crippen LogP contribution in [0.25, 0.3) is 11.3 Å². The number of nitrogens with one attached hydrogen (secondary N) is 1. The second-order valence-corrected chi connectivity index (χ2v) is 7.80. The van der Waals surface area contributed by atoms with E-state index in [0.717, 1.165) is 22.7 Å². The number of carbonyl (C=O) groups is 1. The van der Waals surface area contributed by atoms with E-state index < -0.39 is 5.91 Å². The Labute approximate surface area is 180 Å². The van der Waals surface area contributed by atoms with Gasteiger partial charge in [-0.2, -0.15) is 0 Å². The molecule has 0 saturated heterocycles. The van der Waals surface area contributed by atoms with Gasteiger partial charge in [-0.25, -0.2) is 4.98 Å². The number of aryl methyl sites for hydroxylation is 4. The average molecular weight is 415 g/mol. The first-order chi connectivity index (χ1) is 14.8. The first-order valence-corrected chi connectivity index (χ1v) is 10.1. The topological polar surface area (TPSA) is 94.4 Å². The van der Waals surface area contributed by atoms with Crippen LogP contribution in [0.2, 0.25) is 0 Å². The van der Waals surface area contributed by atoms with Crippen molar-refractivity contribution in [1.29, 1.82) is 0 Å². The summed E-state index contributed by atoms with van der Waals surface area (Å²) < 4.78 is 3.47. The van der Waals surface area contributed by atoms with E-state index in [1.165, 1.54) is 27.3 Å². The number of imidazole rings is 1. The maximum absolute atomic E-state index is 12.7. The molecule has 0 bridgehead atoms. The predicted molar refractivity (Wildman–Crippen MR) is 122 cm³/mol. The number of anilines is 1. The lowest BCUT2D eigenvalue weighted by Crippen LogP contribution is -2.21. The zero-order chi connectivity index (χ0) is 22.3. The molecule has 7 nitrogen and oxygen atoms in total. The molecule has 0 fully saturated rings. The maximum Gasteiger partial charge on any atom is 0.255 e. The van der Waals surface area contributed by atoms with E-state index >= 15 is 0 Å². The minimum Gasteiger partial charge on any atom is -0.378 e. The van der Waals surface area contributed by atoms with Crippen molar-refractivity contribution in [3.05, 3.63) is 92.8 Å². The van der Waals surface area contributed by atoms with Crippen molar-refractivity contribution in [2.45, 2.75) is 34.2 Å². The Bertz CT molecular complexity index is 1360. The summed E-state index contributed by atoms with van der Waals surface area (Å²) in [5, 5.41) is 3.51. The van der Waals surface area contributed by atoms with Gasteiger partial charge in [0.15, 0.2) is 5.65 Å². The van der Waals surface area contributed by atoms with Crippen LogP contribution in [-0.2, 0) is 6.54 Å². The van der Waals surface area contributed by atoms with Gasteiger partial charge in [0.1, 0.15) is 0 Å². The number of hydrogen-bond acceptors (Lipinski definition) is 4. The van der Waals surface area contributed by atoms with Crippen LogP contribution < -0.4 is 16.6 Å². The molecule has 0 aliphatic carbocycles. The Hall–Kier alpha value is -3.87. The molecule has 4 rings (SSSR count). The lowest BCUT2D eigenvalue weighted by Gasteiger charge is -2.15. The summed E-state index contributed by atoms with van der Waals surface area (Å²) in [5.41, 5.74) is 13.0. The number of aromatic nitrogens is 3.